The zero-order chi connectivity index (χ0) is 38.4. The van der Waals surface area contributed by atoms with Crippen LogP contribution in [-0.2, 0) is 18.3 Å². The van der Waals surface area contributed by atoms with Crippen molar-refractivity contribution < 1.29 is 14.4 Å². The molecule has 0 aliphatic carbocycles. The Balaban J connectivity index is 1.18. The lowest BCUT2D eigenvalue weighted by Crippen LogP contribution is -2.49. The van der Waals surface area contributed by atoms with Crippen LogP contribution >= 0.6 is 0 Å². The minimum atomic E-state index is -1.98. The Kier molecular flexibility index (Phi) is 14.3. The highest BCUT2D eigenvalue weighted by atomic mass is 28.3. The van der Waals surface area contributed by atoms with Crippen LogP contribution in [0, 0.1) is 0 Å². The molecule has 5 rings (SSSR count). The Morgan fingerprint density at radius 2 is 1.31 bits per heavy atom. The first-order chi connectivity index (χ1) is 26.1. The number of ketones is 1. The van der Waals surface area contributed by atoms with Gasteiger partial charge in [0.1, 0.15) is 0 Å². The van der Waals surface area contributed by atoms with Crippen LogP contribution in [0.3, 0.4) is 0 Å². The number of amides is 2. The lowest BCUT2D eigenvalue weighted by Gasteiger charge is -2.40. The van der Waals surface area contributed by atoms with Gasteiger partial charge in [-0.3, -0.25) is 14.4 Å². The SMILES string of the molecule is CCc1cccc(C(=O)Nc2ccc(CC(=O)c3cccc(C(=O)NCCC[Si](C)(CC(C)(CCCNC)c4ccccc4)c4ccccc4)c3)cc2)c1. The van der Waals surface area contributed by atoms with E-state index in [1.54, 1.807) is 30.3 Å². The molecule has 0 aliphatic rings. The van der Waals surface area contributed by atoms with Gasteiger partial charge in [-0.2, -0.15) is 0 Å². The predicted octanol–water partition coefficient (Wildman–Crippen LogP) is 8.99. The van der Waals surface area contributed by atoms with Crippen molar-refractivity contribution in [3.8, 4) is 0 Å². The molecular formula is C47H55N3O3Si. The second kappa shape index (κ2) is 19.3. The van der Waals surface area contributed by atoms with E-state index in [0.717, 1.165) is 55.4 Å². The van der Waals surface area contributed by atoms with Gasteiger partial charge in [0.05, 0.1) is 8.07 Å². The van der Waals surface area contributed by atoms with E-state index in [1.807, 2.05) is 49.5 Å². The second-order valence-electron chi connectivity index (χ2n) is 15.0. The summed E-state index contributed by atoms with van der Waals surface area (Å²) in [6.45, 7) is 8.57. The molecule has 0 aromatic heterocycles. The fraction of sp³-hybridized carbons (Fsp3) is 0.298. The molecular weight excluding hydrogens is 683 g/mol. The van der Waals surface area contributed by atoms with Crippen LogP contribution in [0.1, 0.15) is 80.9 Å². The van der Waals surface area contributed by atoms with Crippen molar-refractivity contribution in [1.29, 1.82) is 0 Å². The Morgan fingerprint density at radius 1 is 0.667 bits per heavy atom. The summed E-state index contributed by atoms with van der Waals surface area (Å²) >= 11 is 0. The van der Waals surface area contributed by atoms with Crippen LogP contribution in [0.15, 0.2) is 133 Å². The Bertz CT molecular complexity index is 1980. The maximum Gasteiger partial charge on any atom is 0.255 e. The summed E-state index contributed by atoms with van der Waals surface area (Å²) in [5.74, 6) is -0.407. The van der Waals surface area contributed by atoms with Crippen molar-refractivity contribution in [2.24, 2.45) is 0 Å². The molecule has 0 saturated heterocycles. The number of rotatable bonds is 19. The van der Waals surface area contributed by atoms with Crippen LogP contribution in [0.4, 0.5) is 5.69 Å². The highest BCUT2D eigenvalue weighted by Crippen LogP contribution is 2.39. The summed E-state index contributed by atoms with van der Waals surface area (Å²) in [6, 6.07) is 46.0. The normalized spacial score (nSPS) is 13.3. The van der Waals surface area contributed by atoms with E-state index in [9.17, 15) is 14.4 Å². The molecule has 0 radical (unpaired) electrons. The molecule has 2 unspecified atom stereocenters. The molecule has 54 heavy (non-hydrogen) atoms. The molecule has 5 aromatic carbocycles. The van der Waals surface area contributed by atoms with Crippen molar-refractivity contribution in [3.63, 3.8) is 0 Å². The number of carbonyl (C=O) groups is 3. The summed E-state index contributed by atoms with van der Waals surface area (Å²) in [6.07, 6.45) is 4.15. The smallest absolute Gasteiger partial charge is 0.255 e. The van der Waals surface area contributed by atoms with E-state index in [0.29, 0.717) is 28.9 Å². The van der Waals surface area contributed by atoms with Crippen molar-refractivity contribution in [2.45, 2.75) is 70.0 Å². The van der Waals surface area contributed by atoms with Crippen LogP contribution in [0.5, 0.6) is 0 Å². The molecule has 0 fully saturated rings. The first kappa shape index (κ1) is 40.1. The van der Waals surface area contributed by atoms with Crippen LogP contribution in [-0.4, -0.2) is 45.8 Å². The van der Waals surface area contributed by atoms with E-state index in [1.165, 1.54) is 10.8 Å². The second-order valence-corrected chi connectivity index (χ2v) is 19.5. The van der Waals surface area contributed by atoms with E-state index in [-0.39, 0.29) is 29.4 Å². The van der Waals surface area contributed by atoms with Gasteiger partial charge in [0.2, 0.25) is 0 Å². The maximum atomic E-state index is 13.3. The molecule has 0 aliphatic heterocycles. The molecule has 5 aromatic rings. The largest absolute Gasteiger partial charge is 0.352 e. The van der Waals surface area contributed by atoms with Gasteiger partial charge in [-0.05, 0) is 104 Å². The van der Waals surface area contributed by atoms with Gasteiger partial charge < -0.3 is 16.0 Å². The quantitative estimate of drug-likeness (QED) is 0.0449. The monoisotopic (exact) mass is 737 g/mol. The number of nitrogens with one attached hydrogen (secondary N) is 3. The van der Waals surface area contributed by atoms with Crippen molar-refractivity contribution in [3.05, 3.63) is 167 Å². The molecule has 7 heteroatoms. The van der Waals surface area contributed by atoms with Crippen LogP contribution < -0.4 is 21.1 Å². The zero-order valence-corrected chi connectivity index (χ0v) is 33.3. The molecule has 0 spiro atoms. The summed E-state index contributed by atoms with van der Waals surface area (Å²) in [7, 11) is 0.0332. The predicted molar refractivity (Wildman–Crippen MR) is 226 cm³/mol. The first-order valence-electron chi connectivity index (χ1n) is 19.3. The van der Waals surface area contributed by atoms with Crippen LogP contribution in [0.25, 0.3) is 0 Å². The van der Waals surface area contributed by atoms with Crippen molar-refractivity contribution >= 4 is 36.5 Å². The number of hydrogen-bond acceptors (Lipinski definition) is 4. The third kappa shape index (κ3) is 11.0. The van der Waals surface area contributed by atoms with Gasteiger partial charge in [-0.25, -0.2) is 0 Å². The third-order valence-corrected chi connectivity index (χ3v) is 15.4. The number of carbonyl (C=O) groups excluding carboxylic acids is 3. The Morgan fingerprint density at radius 3 is 2.00 bits per heavy atom. The number of Topliss-reactive ketones (excluding diaryl/α,β-unsaturated/α-hetero) is 1. The lowest BCUT2D eigenvalue weighted by atomic mass is 9.80. The van der Waals surface area contributed by atoms with Gasteiger partial charge in [-0.15, -0.1) is 0 Å². The van der Waals surface area contributed by atoms with Crippen molar-refractivity contribution in [1.82, 2.24) is 10.6 Å². The minimum Gasteiger partial charge on any atom is -0.352 e. The maximum absolute atomic E-state index is 13.3. The van der Waals surface area contributed by atoms with Gasteiger partial charge in [0.15, 0.2) is 5.78 Å². The summed E-state index contributed by atoms with van der Waals surface area (Å²) in [5, 5.41) is 10.9. The molecule has 280 valence electrons. The highest BCUT2D eigenvalue weighted by Gasteiger charge is 2.38. The van der Waals surface area contributed by atoms with E-state index in [4.69, 9.17) is 0 Å². The lowest BCUT2D eigenvalue weighted by molar-refractivity contribution is 0.0952. The van der Waals surface area contributed by atoms with E-state index < -0.39 is 8.07 Å². The number of hydrogen-bond donors (Lipinski definition) is 3. The van der Waals surface area contributed by atoms with Gasteiger partial charge in [-0.1, -0.05) is 129 Å². The topological polar surface area (TPSA) is 87.3 Å². The molecule has 2 atom stereocenters. The van der Waals surface area contributed by atoms with Gasteiger partial charge in [0, 0.05) is 35.3 Å². The average molecular weight is 738 g/mol. The average Bonchev–Trinajstić information content (AvgIpc) is 3.21. The number of aryl methyl sites for hydroxylation is 1. The Labute approximate surface area is 322 Å². The standard InChI is InChI=1S/C47H55N3O3Si/c1-5-36-16-12-18-39(32-36)46(53)50-42-26-24-37(25-27-42)33-44(51)38-17-13-19-40(34-38)45(52)49-30-15-31-54(4,43-22-10-7-11-23-43)35-47(2,28-14-29-48-3)41-20-8-6-9-21-41/h6-13,16-27,32,34,48H,5,14-15,28-31,33,35H2,1-4H3,(H,49,52)(H,50,53). The van der Waals surface area contributed by atoms with Gasteiger partial charge >= 0.3 is 0 Å². The number of anilines is 1. The first-order valence-corrected chi connectivity index (χ1v) is 22.2. The summed E-state index contributed by atoms with van der Waals surface area (Å²) in [5.41, 5.74) is 5.64. The molecule has 6 nitrogen and oxygen atoms in total. The number of benzene rings is 5. The third-order valence-electron chi connectivity index (χ3n) is 10.7. The van der Waals surface area contributed by atoms with E-state index in [2.05, 4.69) is 97.0 Å². The summed E-state index contributed by atoms with van der Waals surface area (Å²) < 4.78 is 0. The fourth-order valence-corrected chi connectivity index (χ4v) is 12.3. The van der Waals surface area contributed by atoms with E-state index >= 15 is 0 Å². The molecule has 0 bridgehead atoms. The minimum absolute atomic E-state index is 0.0460. The van der Waals surface area contributed by atoms with Crippen LogP contribution in [0.2, 0.25) is 18.6 Å². The highest BCUT2D eigenvalue weighted by molar-refractivity contribution is 6.91. The Hall–Kier alpha value is -5.11. The summed E-state index contributed by atoms with van der Waals surface area (Å²) in [4.78, 5) is 39.4. The molecule has 0 saturated carbocycles. The molecule has 2 amide bonds. The fourth-order valence-electron chi connectivity index (χ4n) is 7.61. The molecule has 0 heterocycles. The zero-order valence-electron chi connectivity index (χ0n) is 32.3. The molecule has 3 N–H and O–H groups in total. The van der Waals surface area contributed by atoms with Gasteiger partial charge in [0.25, 0.3) is 11.8 Å². The van der Waals surface area contributed by atoms with Crippen molar-refractivity contribution in [2.75, 3.05) is 25.5 Å².